The largest absolute Gasteiger partial charge is 0.459 e. The summed E-state index contributed by atoms with van der Waals surface area (Å²) in [7, 11) is -3.90. The van der Waals surface area contributed by atoms with Crippen LogP contribution in [0.2, 0.25) is 0 Å². The van der Waals surface area contributed by atoms with Crippen LogP contribution in [-0.2, 0) is 19.6 Å². The molecule has 34 heavy (non-hydrogen) atoms. The fourth-order valence-electron chi connectivity index (χ4n) is 4.33. The van der Waals surface area contributed by atoms with E-state index in [1.807, 2.05) is 75.9 Å². The number of rotatable bonds is 7. The summed E-state index contributed by atoms with van der Waals surface area (Å²) in [6.07, 6.45) is 3.85. The van der Waals surface area contributed by atoms with Gasteiger partial charge in [0.2, 0.25) is 10.0 Å². The Hall–Kier alpha value is -1.74. The molecule has 184 valence electrons. The first-order chi connectivity index (χ1) is 16.0. The number of aryl methyl sites for hydroxylation is 1. The minimum atomic E-state index is -3.90. The van der Waals surface area contributed by atoms with Gasteiger partial charge in [-0.05, 0) is 68.9 Å². The summed E-state index contributed by atoms with van der Waals surface area (Å²) in [6.45, 7) is 7.55. The van der Waals surface area contributed by atoms with Gasteiger partial charge in [0.1, 0.15) is 11.0 Å². The third-order valence-corrected chi connectivity index (χ3v) is 8.88. The quantitative estimate of drug-likeness (QED) is 0.439. The number of carbonyl (C=O) groups is 1. The van der Waals surface area contributed by atoms with E-state index in [2.05, 4.69) is 0 Å². The SMILES string of the molecule is CS/C=C1\CN(S(=O)(=O)c2ccc(C)cc2)[C@@H](c2ccccc2)[C@]1(CSC)C(=O)OC(C)(C)C. The summed E-state index contributed by atoms with van der Waals surface area (Å²) in [5, 5.41) is 1.92. The van der Waals surface area contributed by atoms with Crippen molar-refractivity contribution in [2.75, 3.05) is 24.8 Å². The average Bonchev–Trinajstić information content (AvgIpc) is 3.10. The van der Waals surface area contributed by atoms with Gasteiger partial charge in [0, 0.05) is 12.3 Å². The highest BCUT2D eigenvalue weighted by Crippen LogP contribution is 2.55. The predicted molar refractivity (Wildman–Crippen MR) is 143 cm³/mol. The molecule has 0 aromatic heterocycles. The fraction of sp³-hybridized carbons (Fsp3) is 0.423. The molecule has 1 saturated heterocycles. The van der Waals surface area contributed by atoms with Crippen LogP contribution in [0.3, 0.4) is 0 Å². The normalized spacial score (nSPS) is 22.8. The number of thioether (sulfide) groups is 2. The van der Waals surface area contributed by atoms with Crippen LogP contribution in [0.5, 0.6) is 0 Å². The summed E-state index contributed by atoms with van der Waals surface area (Å²) in [6, 6.07) is 15.5. The van der Waals surface area contributed by atoms with Crippen molar-refractivity contribution in [2.45, 2.75) is 44.2 Å². The molecule has 1 aliphatic rings. The van der Waals surface area contributed by atoms with Crippen LogP contribution in [0.1, 0.15) is 37.9 Å². The fourth-order valence-corrected chi connectivity index (χ4v) is 7.46. The molecule has 2 aromatic rings. The van der Waals surface area contributed by atoms with Crippen molar-refractivity contribution in [3.63, 3.8) is 0 Å². The van der Waals surface area contributed by atoms with E-state index in [0.29, 0.717) is 5.75 Å². The number of esters is 1. The molecule has 2 atom stereocenters. The molecule has 1 heterocycles. The molecular formula is C26H33NO4S3. The highest BCUT2D eigenvalue weighted by Gasteiger charge is 2.60. The zero-order valence-corrected chi connectivity index (χ0v) is 23.0. The van der Waals surface area contributed by atoms with Crippen molar-refractivity contribution in [2.24, 2.45) is 5.41 Å². The molecule has 0 radical (unpaired) electrons. The van der Waals surface area contributed by atoms with Crippen LogP contribution >= 0.6 is 23.5 Å². The van der Waals surface area contributed by atoms with Crippen LogP contribution in [0.25, 0.3) is 0 Å². The number of sulfonamides is 1. The van der Waals surface area contributed by atoms with E-state index in [0.717, 1.165) is 16.7 Å². The lowest BCUT2D eigenvalue weighted by molar-refractivity contribution is -0.165. The maximum atomic E-state index is 14.0. The number of hydrogen-bond acceptors (Lipinski definition) is 6. The molecule has 2 aromatic carbocycles. The van der Waals surface area contributed by atoms with Gasteiger partial charge in [-0.2, -0.15) is 16.1 Å². The molecule has 0 spiro atoms. The van der Waals surface area contributed by atoms with E-state index >= 15 is 0 Å². The van der Waals surface area contributed by atoms with Crippen LogP contribution in [0.15, 0.2) is 70.5 Å². The van der Waals surface area contributed by atoms with Gasteiger partial charge in [-0.15, -0.1) is 11.8 Å². The summed E-state index contributed by atoms with van der Waals surface area (Å²) in [4.78, 5) is 14.2. The molecule has 0 saturated carbocycles. The summed E-state index contributed by atoms with van der Waals surface area (Å²) in [5.74, 6) is -0.00143. The Bertz CT molecular complexity index is 1140. The maximum absolute atomic E-state index is 14.0. The number of ether oxygens (including phenoxy) is 1. The highest BCUT2D eigenvalue weighted by atomic mass is 32.2. The first-order valence-electron chi connectivity index (χ1n) is 11.1. The predicted octanol–water partition coefficient (Wildman–Crippen LogP) is 5.68. The lowest BCUT2D eigenvalue weighted by atomic mass is 9.76. The molecule has 0 aliphatic carbocycles. The number of carbonyl (C=O) groups excluding carboxylic acids is 1. The highest BCUT2D eigenvalue weighted by molar-refractivity contribution is 8.01. The molecular weight excluding hydrogens is 486 g/mol. The Morgan fingerprint density at radius 1 is 1.12 bits per heavy atom. The third kappa shape index (κ3) is 5.25. The summed E-state index contributed by atoms with van der Waals surface area (Å²) in [5.41, 5.74) is 0.635. The number of benzene rings is 2. The Balaban J connectivity index is 2.30. The van der Waals surface area contributed by atoms with Gasteiger partial charge < -0.3 is 4.74 Å². The van der Waals surface area contributed by atoms with Gasteiger partial charge in [-0.3, -0.25) is 4.79 Å². The molecule has 8 heteroatoms. The van der Waals surface area contributed by atoms with Gasteiger partial charge in [0.05, 0.1) is 10.9 Å². The number of nitrogens with zero attached hydrogens (tertiary/aromatic N) is 1. The lowest BCUT2D eigenvalue weighted by Crippen LogP contribution is -2.45. The number of hydrogen-bond donors (Lipinski definition) is 0. The molecule has 5 nitrogen and oxygen atoms in total. The van der Waals surface area contributed by atoms with Crippen LogP contribution in [0, 0.1) is 12.3 Å². The van der Waals surface area contributed by atoms with E-state index in [1.54, 1.807) is 24.3 Å². The van der Waals surface area contributed by atoms with Crippen molar-refractivity contribution in [3.8, 4) is 0 Å². The minimum Gasteiger partial charge on any atom is -0.459 e. The van der Waals surface area contributed by atoms with Crippen LogP contribution in [0.4, 0.5) is 0 Å². The van der Waals surface area contributed by atoms with E-state index in [-0.39, 0.29) is 11.4 Å². The topological polar surface area (TPSA) is 63.7 Å². The molecule has 1 fully saturated rings. The van der Waals surface area contributed by atoms with Crippen molar-refractivity contribution in [3.05, 3.63) is 76.7 Å². The smallest absolute Gasteiger partial charge is 0.319 e. The van der Waals surface area contributed by atoms with Gasteiger partial charge in [-0.1, -0.05) is 48.0 Å². The average molecular weight is 520 g/mol. The van der Waals surface area contributed by atoms with Crippen molar-refractivity contribution < 1.29 is 17.9 Å². The zero-order valence-electron chi connectivity index (χ0n) is 20.6. The van der Waals surface area contributed by atoms with E-state index in [9.17, 15) is 13.2 Å². The standard InChI is InChI=1S/C26H33NO4S3/c1-19-12-14-22(15-13-19)34(29,30)27-16-21(17-32-5)26(18-33-6,24(28)31-25(2,3)4)23(27)20-10-8-7-9-11-20/h7-15,17,23H,16,18H2,1-6H3/b21-17+/t23-,26+/m0/s1. The Labute approximate surface area is 212 Å². The van der Waals surface area contributed by atoms with Crippen LogP contribution < -0.4 is 0 Å². The van der Waals surface area contributed by atoms with Crippen LogP contribution in [-0.4, -0.2) is 49.1 Å². The Morgan fingerprint density at radius 3 is 2.26 bits per heavy atom. The molecule has 1 aliphatic heterocycles. The summed E-state index contributed by atoms with van der Waals surface area (Å²) < 4.78 is 35.5. The first kappa shape index (κ1) is 26.9. The van der Waals surface area contributed by atoms with Crippen molar-refractivity contribution >= 4 is 39.5 Å². The van der Waals surface area contributed by atoms with Gasteiger partial charge >= 0.3 is 5.97 Å². The maximum Gasteiger partial charge on any atom is 0.319 e. The molecule has 3 rings (SSSR count). The lowest BCUT2D eigenvalue weighted by Gasteiger charge is -2.38. The minimum absolute atomic E-state index is 0.121. The molecule has 0 bridgehead atoms. The van der Waals surface area contributed by atoms with Gasteiger partial charge in [0.25, 0.3) is 0 Å². The third-order valence-electron chi connectivity index (χ3n) is 5.79. The van der Waals surface area contributed by atoms with Crippen molar-refractivity contribution in [1.29, 1.82) is 0 Å². The van der Waals surface area contributed by atoms with Gasteiger partial charge in [0.15, 0.2) is 0 Å². The molecule has 0 amide bonds. The Morgan fingerprint density at radius 2 is 1.74 bits per heavy atom. The Kier molecular flexibility index (Phi) is 8.28. The second-order valence-electron chi connectivity index (χ2n) is 9.46. The van der Waals surface area contributed by atoms with E-state index in [1.165, 1.54) is 27.8 Å². The second-order valence-corrected chi connectivity index (χ2v) is 12.9. The molecule has 0 N–H and O–H groups in total. The first-order valence-corrected chi connectivity index (χ1v) is 15.2. The van der Waals surface area contributed by atoms with E-state index < -0.39 is 33.1 Å². The second kappa shape index (κ2) is 10.5. The van der Waals surface area contributed by atoms with Crippen molar-refractivity contribution in [1.82, 2.24) is 4.31 Å². The zero-order chi connectivity index (χ0) is 25.1. The van der Waals surface area contributed by atoms with Gasteiger partial charge in [-0.25, -0.2) is 8.42 Å². The van der Waals surface area contributed by atoms with E-state index in [4.69, 9.17) is 4.74 Å². The molecule has 0 unspecified atom stereocenters. The monoisotopic (exact) mass is 519 g/mol. The summed E-state index contributed by atoms with van der Waals surface area (Å²) >= 11 is 2.99.